The van der Waals surface area contributed by atoms with Crippen molar-refractivity contribution in [3.63, 3.8) is 0 Å². The second-order valence-electron chi connectivity index (χ2n) is 3.06. The van der Waals surface area contributed by atoms with Gasteiger partial charge in [0.05, 0.1) is 5.69 Å². The normalized spacial score (nSPS) is 10.5. The van der Waals surface area contributed by atoms with E-state index in [2.05, 4.69) is 10.2 Å². The summed E-state index contributed by atoms with van der Waals surface area (Å²) in [6.07, 6.45) is 0. The van der Waals surface area contributed by atoms with Crippen LogP contribution in [0.1, 0.15) is 10.5 Å². The third-order valence-corrected chi connectivity index (χ3v) is 2.54. The SMILES string of the molecule is O=C(O)c1nn(-c2cc(Cl)cc(Cl)c2)nc1Cl. The van der Waals surface area contributed by atoms with Gasteiger partial charge >= 0.3 is 5.97 Å². The lowest BCUT2D eigenvalue weighted by molar-refractivity contribution is 0.0690. The van der Waals surface area contributed by atoms with Gasteiger partial charge in [0.15, 0.2) is 5.15 Å². The average molecular weight is 293 g/mol. The summed E-state index contributed by atoms with van der Waals surface area (Å²) in [5.74, 6) is -1.26. The van der Waals surface area contributed by atoms with Crippen molar-refractivity contribution >= 4 is 40.8 Å². The summed E-state index contributed by atoms with van der Waals surface area (Å²) < 4.78 is 0. The Hall–Kier alpha value is -1.30. The van der Waals surface area contributed by atoms with Crippen molar-refractivity contribution in [1.82, 2.24) is 15.0 Å². The molecule has 0 spiro atoms. The van der Waals surface area contributed by atoms with Crippen LogP contribution >= 0.6 is 34.8 Å². The predicted octanol–water partition coefficient (Wildman–Crippen LogP) is 2.93. The third-order valence-electron chi connectivity index (χ3n) is 1.85. The molecule has 0 fully saturated rings. The molecule has 8 heteroatoms. The Morgan fingerprint density at radius 3 is 2.18 bits per heavy atom. The van der Waals surface area contributed by atoms with Crippen LogP contribution in [0.3, 0.4) is 0 Å². The first-order chi connectivity index (χ1) is 7.97. The van der Waals surface area contributed by atoms with E-state index < -0.39 is 5.97 Å². The van der Waals surface area contributed by atoms with Gasteiger partial charge in [0, 0.05) is 10.0 Å². The van der Waals surface area contributed by atoms with Crippen molar-refractivity contribution in [2.45, 2.75) is 0 Å². The molecule has 0 amide bonds. The van der Waals surface area contributed by atoms with Gasteiger partial charge in [-0.1, -0.05) is 34.8 Å². The van der Waals surface area contributed by atoms with Crippen LogP contribution < -0.4 is 0 Å². The number of benzene rings is 1. The Labute approximate surface area is 111 Å². The first-order valence-electron chi connectivity index (χ1n) is 4.30. The summed E-state index contributed by atoms with van der Waals surface area (Å²) in [5.41, 5.74) is 0.0969. The van der Waals surface area contributed by atoms with Crippen LogP contribution in [0.2, 0.25) is 15.2 Å². The van der Waals surface area contributed by atoms with Gasteiger partial charge in [-0.05, 0) is 18.2 Å². The molecule has 5 nitrogen and oxygen atoms in total. The fraction of sp³-hybridized carbons (Fsp3) is 0. The van der Waals surface area contributed by atoms with Gasteiger partial charge in [0.1, 0.15) is 0 Å². The second-order valence-corrected chi connectivity index (χ2v) is 4.29. The fourth-order valence-corrected chi connectivity index (χ4v) is 1.89. The molecule has 1 aromatic heterocycles. The maximum Gasteiger partial charge on any atom is 0.359 e. The van der Waals surface area contributed by atoms with Gasteiger partial charge in [0.25, 0.3) is 0 Å². The number of hydrogen-bond acceptors (Lipinski definition) is 3. The van der Waals surface area contributed by atoms with Crippen molar-refractivity contribution in [3.8, 4) is 5.69 Å². The van der Waals surface area contributed by atoms with E-state index in [1.165, 1.54) is 18.2 Å². The summed E-state index contributed by atoms with van der Waals surface area (Å²) in [6, 6.07) is 4.61. The van der Waals surface area contributed by atoms with E-state index in [1.54, 1.807) is 0 Å². The van der Waals surface area contributed by atoms with Gasteiger partial charge < -0.3 is 5.11 Å². The van der Waals surface area contributed by atoms with Gasteiger partial charge in [-0.2, -0.15) is 0 Å². The molecule has 0 aliphatic rings. The van der Waals surface area contributed by atoms with Crippen molar-refractivity contribution in [3.05, 3.63) is 39.1 Å². The summed E-state index contributed by atoms with van der Waals surface area (Å²) in [5, 5.41) is 16.8. The Morgan fingerprint density at radius 1 is 1.12 bits per heavy atom. The highest BCUT2D eigenvalue weighted by Gasteiger charge is 2.16. The molecule has 2 rings (SSSR count). The number of aromatic nitrogens is 3. The molecule has 0 aliphatic heterocycles. The first-order valence-corrected chi connectivity index (χ1v) is 5.43. The Bertz CT molecular complexity index is 577. The maximum absolute atomic E-state index is 10.7. The summed E-state index contributed by atoms with van der Waals surface area (Å²) >= 11 is 17.2. The van der Waals surface area contributed by atoms with Crippen molar-refractivity contribution in [2.24, 2.45) is 0 Å². The Balaban J connectivity index is 2.53. The zero-order valence-corrected chi connectivity index (χ0v) is 10.3. The molecular weight excluding hydrogens is 288 g/mol. The third kappa shape index (κ3) is 2.52. The standard InChI is InChI=1S/C9H4Cl3N3O2/c10-4-1-5(11)3-6(2-4)15-13-7(9(16)17)8(12)14-15/h1-3H,(H,16,17). The topological polar surface area (TPSA) is 68.0 Å². The molecule has 17 heavy (non-hydrogen) atoms. The molecule has 0 atom stereocenters. The lowest BCUT2D eigenvalue weighted by Gasteiger charge is -2.00. The Kier molecular flexibility index (Phi) is 3.24. The summed E-state index contributed by atoms with van der Waals surface area (Å²) in [6.45, 7) is 0. The van der Waals surface area contributed by atoms with E-state index in [1.807, 2.05) is 0 Å². The van der Waals surface area contributed by atoms with E-state index in [0.29, 0.717) is 15.7 Å². The van der Waals surface area contributed by atoms with Crippen LogP contribution in [0.15, 0.2) is 18.2 Å². The van der Waals surface area contributed by atoms with E-state index >= 15 is 0 Å². The monoisotopic (exact) mass is 291 g/mol. The smallest absolute Gasteiger partial charge is 0.359 e. The quantitative estimate of drug-likeness (QED) is 0.924. The van der Waals surface area contributed by atoms with Crippen molar-refractivity contribution in [1.29, 1.82) is 0 Å². The zero-order chi connectivity index (χ0) is 12.6. The molecule has 0 saturated carbocycles. The summed E-state index contributed by atoms with van der Waals surface area (Å²) in [4.78, 5) is 11.8. The zero-order valence-electron chi connectivity index (χ0n) is 8.06. The number of rotatable bonds is 2. The molecule has 1 heterocycles. The van der Waals surface area contributed by atoms with Crippen LogP contribution in [-0.2, 0) is 0 Å². The highest BCUT2D eigenvalue weighted by atomic mass is 35.5. The van der Waals surface area contributed by atoms with Gasteiger partial charge in [-0.3, -0.25) is 0 Å². The first kappa shape index (κ1) is 12.2. The molecule has 0 radical (unpaired) electrons. The fourth-order valence-electron chi connectivity index (χ4n) is 1.19. The van der Waals surface area contributed by atoms with Crippen LogP contribution in [0.25, 0.3) is 5.69 Å². The van der Waals surface area contributed by atoms with E-state index in [0.717, 1.165) is 4.80 Å². The van der Waals surface area contributed by atoms with E-state index in [4.69, 9.17) is 39.9 Å². The molecule has 0 unspecified atom stereocenters. The number of nitrogens with zero attached hydrogens (tertiary/aromatic N) is 3. The lowest BCUT2D eigenvalue weighted by Crippen LogP contribution is -2.02. The number of hydrogen-bond donors (Lipinski definition) is 1. The van der Waals surface area contributed by atoms with E-state index in [-0.39, 0.29) is 10.8 Å². The van der Waals surface area contributed by atoms with Crippen molar-refractivity contribution < 1.29 is 9.90 Å². The lowest BCUT2D eigenvalue weighted by atomic mass is 10.3. The molecule has 0 aliphatic carbocycles. The number of halogens is 3. The summed E-state index contributed by atoms with van der Waals surface area (Å²) in [7, 11) is 0. The number of carbonyl (C=O) groups is 1. The molecule has 2 aromatic rings. The molecule has 1 aromatic carbocycles. The maximum atomic E-state index is 10.7. The number of carboxylic acids is 1. The van der Waals surface area contributed by atoms with Gasteiger partial charge in [-0.25, -0.2) is 4.79 Å². The molecule has 0 bridgehead atoms. The molecule has 0 saturated heterocycles. The largest absolute Gasteiger partial charge is 0.476 e. The highest BCUT2D eigenvalue weighted by molar-refractivity contribution is 6.35. The van der Waals surface area contributed by atoms with E-state index in [9.17, 15) is 4.79 Å². The number of carboxylic acid groups (broad SMARTS) is 1. The van der Waals surface area contributed by atoms with Gasteiger partial charge in [0.2, 0.25) is 5.69 Å². The Morgan fingerprint density at radius 2 is 1.71 bits per heavy atom. The predicted molar refractivity (Wildman–Crippen MR) is 63.3 cm³/mol. The van der Waals surface area contributed by atoms with Crippen molar-refractivity contribution in [2.75, 3.05) is 0 Å². The van der Waals surface area contributed by atoms with Crippen LogP contribution in [0, 0.1) is 0 Å². The van der Waals surface area contributed by atoms with Crippen LogP contribution in [0.4, 0.5) is 0 Å². The minimum atomic E-state index is -1.26. The van der Waals surface area contributed by atoms with Crippen LogP contribution in [0.5, 0.6) is 0 Å². The minimum absolute atomic E-state index is 0.200. The second kappa shape index (κ2) is 4.52. The molecular formula is C9H4Cl3N3O2. The van der Waals surface area contributed by atoms with Crippen LogP contribution in [-0.4, -0.2) is 26.1 Å². The number of aromatic carboxylic acids is 1. The van der Waals surface area contributed by atoms with Gasteiger partial charge in [-0.15, -0.1) is 15.0 Å². The average Bonchev–Trinajstić information content (AvgIpc) is 2.59. The molecule has 1 N–H and O–H groups in total. The highest BCUT2D eigenvalue weighted by Crippen LogP contribution is 2.22. The molecule has 88 valence electrons. The minimum Gasteiger partial charge on any atom is -0.476 e.